The molecule has 3 rings (SSSR count). The molecule has 2 amide bonds. The molecular weight excluding hydrogens is 332 g/mol. The van der Waals surface area contributed by atoms with E-state index < -0.39 is 0 Å². The van der Waals surface area contributed by atoms with E-state index in [-0.39, 0.29) is 30.4 Å². The average molecular weight is 362 g/mol. The van der Waals surface area contributed by atoms with Crippen LogP contribution in [0.1, 0.15) is 51.2 Å². The molecule has 2 aliphatic rings. The van der Waals surface area contributed by atoms with E-state index in [9.17, 15) is 9.59 Å². The third-order valence-electron chi connectivity index (χ3n) is 5.07. The molecule has 1 saturated heterocycles. The fraction of sp³-hybridized carbons (Fsp3) is 0.700. The van der Waals surface area contributed by atoms with Gasteiger partial charge in [0.1, 0.15) is 5.76 Å². The molecule has 0 N–H and O–H groups in total. The van der Waals surface area contributed by atoms with Crippen LogP contribution >= 0.6 is 0 Å². The standard InChI is InChI=1S/C20H30N2O4/c1-2-3-10-21(20(24)16-8-9-16)15-19(23)22(13-17-6-4-11-25-17)14-18-7-5-12-26-18/h4,6,11,16,18H,2-3,5,7-10,12-15H2,1H3/t18-/m0/s1. The number of hydrogen-bond acceptors (Lipinski definition) is 4. The van der Waals surface area contributed by atoms with Gasteiger partial charge in [-0.1, -0.05) is 13.3 Å². The molecule has 1 aromatic rings. The Kier molecular flexibility index (Phi) is 6.72. The average Bonchev–Trinajstić information content (AvgIpc) is 3.12. The lowest BCUT2D eigenvalue weighted by Crippen LogP contribution is -2.45. The molecule has 0 aromatic carbocycles. The Morgan fingerprint density at radius 1 is 1.23 bits per heavy atom. The molecule has 6 nitrogen and oxygen atoms in total. The third-order valence-corrected chi connectivity index (χ3v) is 5.07. The lowest BCUT2D eigenvalue weighted by Gasteiger charge is -2.29. The van der Waals surface area contributed by atoms with Gasteiger partial charge in [-0.25, -0.2) is 0 Å². The minimum atomic E-state index is -0.0259. The Balaban J connectivity index is 1.64. The number of carbonyl (C=O) groups is 2. The molecule has 144 valence electrons. The van der Waals surface area contributed by atoms with Gasteiger partial charge >= 0.3 is 0 Å². The van der Waals surface area contributed by atoms with E-state index in [1.54, 1.807) is 16.1 Å². The zero-order valence-electron chi connectivity index (χ0n) is 15.7. The molecule has 6 heteroatoms. The van der Waals surface area contributed by atoms with Crippen molar-refractivity contribution < 1.29 is 18.7 Å². The van der Waals surface area contributed by atoms with Crippen molar-refractivity contribution in [3.05, 3.63) is 24.2 Å². The molecule has 2 fully saturated rings. The topological polar surface area (TPSA) is 63.0 Å². The van der Waals surface area contributed by atoms with E-state index in [1.165, 1.54) is 0 Å². The highest BCUT2D eigenvalue weighted by atomic mass is 16.5. The van der Waals surface area contributed by atoms with Gasteiger partial charge in [-0.3, -0.25) is 9.59 Å². The molecule has 0 radical (unpaired) electrons. The summed E-state index contributed by atoms with van der Waals surface area (Å²) in [6, 6.07) is 3.70. The summed E-state index contributed by atoms with van der Waals surface area (Å²) in [6.45, 7) is 4.65. The summed E-state index contributed by atoms with van der Waals surface area (Å²) in [5.74, 6) is 1.00. The molecule has 1 aromatic heterocycles. The Bertz CT molecular complexity index is 577. The van der Waals surface area contributed by atoms with Crippen LogP contribution in [0, 0.1) is 5.92 Å². The van der Waals surface area contributed by atoms with E-state index in [4.69, 9.17) is 9.15 Å². The highest BCUT2D eigenvalue weighted by molar-refractivity contribution is 5.87. The second kappa shape index (κ2) is 9.21. The van der Waals surface area contributed by atoms with Gasteiger partial charge < -0.3 is 19.0 Å². The van der Waals surface area contributed by atoms with Crippen molar-refractivity contribution in [3.8, 4) is 0 Å². The number of furan rings is 1. The smallest absolute Gasteiger partial charge is 0.242 e. The van der Waals surface area contributed by atoms with Crippen LogP contribution in [-0.4, -0.2) is 54.0 Å². The number of nitrogens with zero attached hydrogens (tertiary/aromatic N) is 2. The summed E-state index contributed by atoms with van der Waals surface area (Å²) >= 11 is 0. The Morgan fingerprint density at radius 2 is 2.08 bits per heavy atom. The molecule has 1 aliphatic carbocycles. The number of carbonyl (C=O) groups excluding carboxylic acids is 2. The van der Waals surface area contributed by atoms with Gasteiger partial charge in [0, 0.05) is 25.6 Å². The van der Waals surface area contributed by atoms with E-state index in [2.05, 4.69) is 6.92 Å². The Labute approximate surface area is 155 Å². The van der Waals surface area contributed by atoms with Crippen LogP contribution in [0.25, 0.3) is 0 Å². The van der Waals surface area contributed by atoms with Crippen molar-refractivity contribution in [1.29, 1.82) is 0 Å². The van der Waals surface area contributed by atoms with Gasteiger partial charge in [0.25, 0.3) is 0 Å². The van der Waals surface area contributed by atoms with Gasteiger partial charge in [-0.15, -0.1) is 0 Å². The molecule has 2 heterocycles. The number of ether oxygens (including phenoxy) is 1. The van der Waals surface area contributed by atoms with Crippen molar-refractivity contribution in [2.75, 3.05) is 26.2 Å². The first-order valence-corrected chi connectivity index (χ1v) is 9.88. The lowest BCUT2D eigenvalue weighted by atomic mass is 10.2. The van der Waals surface area contributed by atoms with Crippen LogP contribution < -0.4 is 0 Å². The highest BCUT2D eigenvalue weighted by Gasteiger charge is 2.34. The maximum absolute atomic E-state index is 13.0. The molecule has 1 saturated carbocycles. The molecule has 1 aliphatic heterocycles. The van der Waals surface area contributed by atoms with Crippen LogP contribution in [0.3, 0.4) is 0 Å². The summed E-state index contributed by atoms with van der Waals surface area (Å²) in [5.41, 5.74) is 0. The van der Waals surface area contributed by atoms with Crippen LogP contribution in [0.15, 0.2) is 22.8 Å². The Morgan fingerprint density at radius 3 is 2.69 bits per heavy atom. The van der Waals surface area contributed by atoms with E-state index >= 15 is 0 Å². The fourth-order valence-corrected chi connectivity index (χ4v) is 3.35. The van der Waals surface area contributed by atoms with E-state index in [0.717, 1.165) is 50.9 Å². The van der Waals surface area contributed by atoms with Crippen LogP contribution in [-0.2, 0) is 20.9 Å². The van der Waals surface area contributed by atoms with Crippen molar-refractivity contribution in [1.82, 2.24) is 9.80 Å². The van der Waals surface area contributed by atoms with Crippen molar-refractivity contribution in [2.24, 2.45) is 5.92 Å². The monoisotopic (exact) mass is 362 g/mol. The maximum Gasteiger partial charge on any atom is 0.242 e. The molecule has 0 bridgehead atoms. The molecule has 1 atom stereocenters. The summed E-state index contributed by atoms with van der Waals surface area (Å²) < 4.78 is 11.1. The van der Waals surface area contributed by atoms with Gasteiger partial charge in [0.05, 0.1) is 25.5 Å². The Hall–Kier alpha value is -1.82. The van der Waals surface area contributed by atoms with Gasteiger partial charge in [0.15, 0.2) is 0 Å². The highest BCUT2D eigenvalue weighted by Crippen LogP contribution is 2.31. The van der Waals surface area contributed by atoms with Crippen molar-refractivity contribution in [2.45, 2.75) is 58.1 Å². The normalized spacial score (nSPS) is 19.5. The van der Waals surface area contributed by atoms with Crippen LogP contribution in [0.2, 0.25) is 0 Å². The second-order valence-electron chi connectivity index (χ2n) is 7.38. The SMILES string of the molecule is CCCCN(CC(=O)N(Cc1ccco1)C[C@@H]1CCCO1)C(=O)C1CC1. The van der Waals surface area contributed by atoms with Gasteiger partial charge in [-0.05, 0) is 44.2 Å². The van der Waals surface area contributed by atoms with E-state index in [0.29, 0.717) is 19.6 Å². The zero-order valence-corrected chi connectivity index (χ0v) is 15.7. The quantitative estimate of drug-likeness (QED) is 0.642. The van der Waals surface area contributed by atoms with Crippen LogP contribution in [0.4, 0.5) is 0 Å². The number of amides is 2. The maximum atomic E-state index is 13.0. The molecule has 0 unspecified atom stereocenters. The molecule has 26 heavy (non-hydrogen) atoms. The fourth-order valence-electron chi connectivity index (χ4n) is 3.35. The molecular formula is C20H30N2O4. The summed E-state index contributed by atoms with van der Waals surface area (Å²) in [7, 11) is 0. The van der Waals surface area contributed by atoms with E-state index in [1.807, 2.05) is 12.1 Å². The molecule has 0 spiro atoms. The van der Waals surface area contributed by atoms with Crippen LogP contribution in [0.5, 0.6) is 0 Å². The van der Waals surface area contributed by atoms with Crippen molar-refractivity contribution >= 4 is 11.8 Å². The summed E-state index contributed by atoms with van der Waals surface area (Å²) in [6.07, 6.45) is 7.57. The van der Waals surface area contributed by atoms with Gasteiger partial charge in [0.2, 0.25) is 11.8 Å². The largest absolute Gasteiger partial charge is 0.467 e. The number of hydrogen-bond donors (Lipinski definition) is 0. The number of rotatable bonds is 10. The summed E-state index contributed by atoms with van der Waals surface area (Å²) in [4.78, 5) is 29.1. The number of unbranched alkanes of at least 4 members (excludes halogenated alkanes) is 1. The third kappa shape index (κ3) is 5.34. The minimum absolute atomic E-state index is 0.0259. The lowest BCUT2D eigenvalue weighted by molar-refractivity contribution is -0.142. The first-order chi connectivity index (χ1) is 12.7. The van der Waals surface area contributed by atoms with Gasteiger partial charge in [-0.2, -0.15) is 0 Å². The summed E-state index contributed by atoms with van der Waals surface area (Å²) in [5, 5.41) is 0. The second-order valence-corrected chi connectivity index (χ2v) is 7.38. The first kappa shape index (κ1) is 19.0. The minimum Gasteiger partial charge on any atom is -0.467 e. The first-order valence-electron chi connectivity index (χ1n) is 9.88. The predicted molar refractivity (Wildman–Crippen MR) is 97.3 cm³/mol. The zero-order chi connectivity index (χ0) is 18.4. The predicted octanol–water partition coefficient (Wildman–Crippen LogP) is 2.83. The van der Waals surface area contributed by atoms with Crippen molar-refractivity contribution in [3.63, 3.8) is 0 Å².